The van der Waals surface area contributed by atoms with Crippen LogP contribution in [0.15, 0.2) is 48.5 Å². The minimum atomic E-state index is -0.971. The summed E-state index contributed by atoms with van der Waals surface area (Å²) in [6, 6.07) is 14.2. The topological polar surface area (TPSA) is 75.6 Å². The van der Waals surface area contributed by atoms with E-state index in [1.807, 2.05) is 31.2 Å². The number of hydrogen-bond acceptors (Lipinski definition) is 3. The first-order valence-electron chi connectivity index (χ1n) is 7.63. The molecule has 1 amide bonds. The lowest BCUT2D eigenvalue weighted by molar-refractivity contribution is -0.148. The Balaban J connectivity index is 2.00. The lowest BCUT2D eigenvalue weighted by Crippen LogP contribution is -2.30. The summed E-state index contributed by atoms with van der Waals surface area (Å²) in [7, 11) is 0. The molecule has 0 aliphatic heterocycles. The minimum Gasteiger partial charge on any atom is -0.492 e. The molecular weight excluding hydrogens is 306 g/mol. The van der Waals surface area contributed by atoms with Gasteiger partial charge in [0.25, 0.3) is 5.91 Å². The van der Waals surface area contributed by atoms with Crippen molar-refractivity contribution in [3.05, 3.63) is 59.7 Å². The normalized spacial score (nSPS) is 11.0. The summed E-state index contributed by atoms with van der Waals surface area (Å²) >= 11 is 0. The lowest BCUT2D eigenvalue weighted by Gasteiger charge is -2.19. The molecule has 126 valence electrons. The summed E-state index contributed by atoms with van der Waals surface area (Å²) in [5.74, 6) is -0.602. The van der Waals surface area contributed by atoms with Gasteiger partial charge in [-0.25, -0.2) is 0 Å². The van der Waals surface area contributed by atoms with Crippen LogP contribution < -0.4 is 10.1 Å². The van der Waals surface area contributed by atoms with E-state index in [0.29, 0.717) is 11.3 Å². The quantitative estimate of drug-likeness (QED) is 0.847. The van der Waals surface area contributed by atoms with Gasteiger partial charge < -0.3 is 15.2 Å². The SMILES string of the molecule is Cc1ccccc1NC(=O)c1ccc(OCC(C)(C)C(=O)O)cc1. The van der Waals surface area contributed by atoms with Gasteiger partial charge in [-0.05, 0) is 56.7 Å². The van der Waals surface area contributed by atoms with Crippen LogP contribution in [0.5, 0.6) is 5.75 Å². The van der Waals surface area contributed by atoms with Crippen LogP contribution in [0.4, 0.5) is 5.69 Å². The van der Waals surface area contributed by atoms with Crippen molar-refractivity contribution in [2.45, 2.75) is 20.8 Å². The number of carbonyl (C=O) groups is 2. The van der Waals surface area contributed by atoms with Gasteiger partial charge in [-0.3, -0.25) is 9.59 Å². The number of carbonyl (C=O) groups excluding carboxylic acids is 1. The van der Waals surface area contributed by atoms with Crippen molar-refractivity contribution in [1.29, 1.82) is 0 Å². The monoisotopic (exact) mass is 327 g/mol. The molecule has 0 unspecified atom stereocenters. The zero-order valence-corrected chi connectivity index (χ0v) is 14.0. The summed E-state index contributed by atoms with van der Waals surface area (Å²) < 4.78 is 5.49. The molecule has 24 heavy (non-hydrogen) atoms. The first-order valence-corrected chi connectivity index (χ1v) is 7.63. The average Bonchev–Trinajstić information content (AvgIpc) is 2.55. The fourth-order valence-corrected chi connectivity index (χ4v) is 1.94. The number of rotatable bonds is 6. The van der Waals surface area contributed by atoms with Crippen molar-refractivity contribution in [2.24, 2.45) is 5.41 Å². The van der Waals surface area contributed by atoms with Crippen LogP contribution in [0.2, 0.25) is 0 Å². The standard InChI is InChI=1S/C19H21NO4/c1-13-6-4-5-7-16(13)20-17(21)14-8-10-15(11-9-14)24-12-19(2,3)18(22)23/h4-11H,12H2,1-3H3,(H,20,21)(H,22,23). The minimum absolute atomic E-state index is 0.0527. The van der Waals surface area contributed by atoms with Crippen molar-refractivity contribution in [1.82, 2.24) is 0 Å². The molecule has 2 rings (SSSR count). The van der Waals surface area contributed by atoms with Crippen molar-refractivity contribution in [3.8, 4) is 5.75 Å². The molecule has 0 aliphatic carbocycles. The van der Waals surface area contributed by atoms with Gasteiger partial charge in [0.15, 0.2) is 0 Å². The Hall–Kier alpha value is -2.82. The maximum Gasteiger partial charge on any atom is 0.312 e. The number of anilines is 1. The summed E-state index contributed by atoms with van der Waals surface area (Å²) in [5.41, 5.74) is 1.29. The second kappa shape index (κ2) is 7.17. The Labute approximate surface area is 141 Å². The van der Waals surface area contributed by atoms with Crippen LogP contribution in [0, 0.1) is 12.3 Å². The smallest absolute Gasteiger partial charge is 0.312 e. The molecule has 0 bridgehead atoms. The van der Waals surface area contributed by atoms with Crippen molar-refractivity contribution in [2.75, 3.05) is 11.9 Å². The summed E-state index contributed by atoms with van der Waals surface area (Å²) in [5, 5.41) is 11.9. The molecule has 0 aromatic heterocycles. The molecule has 2 aromatic rings. The van der Waals surface area contributed by atoms with Crippen LogP contribution in [-0.4, -0.2) is 23.6 Å². The highest BCUT2D eigenvalue weighted by molar-refractivity contribution is 6.04. The molecule has 0 saturated heterocycles. The summed E-state index contributed by atoms with van der Waals surface area (Å²) in [6.45, 7) is 5.17. The first-order chi connectivity index (χ1) is 11.3. The number of carboxylic acids is 1. The molecule has 0 saturated carbocycles. The highest BCUT2D eigenvalue weighted by atomic mass is 16.5. The van der Waals surface area contributed by atoms with E-state index in [1.165, 1.54) is 0 Å². The molecule has 0 radical (unpaired) electrons. The summed E-state index contributed by atoms with van der Waals surface area (Å²) in [6.07, 6.45) is 0. The molecule has 5 heteroatoms. The third kappa shape index (κ3) is 4.35. The van der Waals surface area contributed by atoms with Crippen LogP contribution in [0.25, 0.3) is 0 Å². The molecule has 0 aliphatic rings. The Kier molecular flexibility index (Phi) is 5.24. The van der Waals surface area contributed by atoms with Gasteiger partial charge in [0, 0.05) is 11.3 Å². The van der Waals surface area contributed by atoms with Crippen LogP contribution in [-0.2, 0) is 4.79 Å². The van der Waals surface area contributed by atoms with Gasteiger partial charge >= 0.3 is 5.97 Å². The second-order valence-corrected chi connectivity index (χ2v) is 6.27. The third-order valence-electron chi connectivity index (χ3n) is 3.69. The lowest BCUT2D eigenvalue weighted by atomic mass is 9.95. The number of amides is 1. The number of nitrogens with one attached hydrogen (secondary N) is 1. The average molecular weight is 327 g/mol. The van der Waals surface area contributed by atoms with E-state index in [2.05, 4.69) is 5.32 Å². The van der Waals surface area contributed by atoms with E-state index >= 15 is 0 Å². The highest BCUT2D eigenvalue weighted by Crippen LogP contribution is 2.20. The molecule has 2 N–H and O–H groups in total. The van der Waals surface area contributed by atoms with Gasteiger partial charge in [-0.2, -0.15) is 0 Å². The maximum absolute atomic E-state index is 12.3. The highest BCUT2D eigenvalue weighted by Gasteiger charge is 2.28. The summed E-state index contributed by atoms with van der Waals surface area (Å²) in [4.78, 5) is 23.3. The fraction of sp³-hybridized carbons (Fsp3) is 0.263. The number of para-hydroxylation sites is 1. The maximum atomic E-state index is 12.3. The van der Waals surface area contributed by atoms with E-state index in [1.54, 1.807) is 38.1 Å². The van der Waals surface area contributed by atoms with E-state index in [-0.39, 0.29) is 12.5 Å². The van der Waals surface area contributed by atoms with Crippen LogP contribution in [0.1, 0.15) is 29.8 Å². The number of aryl methyl sites for hydroxylation is 1. The number of ether oxygens (including phenoxy) is 1. The van der Waals surface area contributed by atoms with Crippen molar-refractivity contribution < 1.29 is 19.4 Å². The van der Waals surface area contributed by atoms with E-state index in [4.69, 9.17) is 9.84 Å². The van der Waals surface area contributed by atoms with E-state index in [9.17, 15) is 9.59 Å². The molecule has 0 atom stereocenters. The Morgan fingerprint density at radius 2 is 1.71 bits per heavy atom. The molecular formula is C19H21NO4. The van der Waals surface area contributed by atoms with E-state index < -0.39 is 11.4 Å². The predicted octanol–water partition coefficient (Wildman–Crippen LogP) is 3.74. The third-order valence-corrected chi connectivity index (χ3v) is 3.69. The largest absolute Gasteiger partial charge is 0.492 e. The number of aliphatic carboxylic acids is 1. The van der Waals surface area contributed by atoms with Gasteiger partial charge in [0.1, 0.15) is 12.4 Å². The zero-order valence-electron chi connectivity index (χ0n) is 14.0. The zero-order chi connectivity index (χ0) is 17.7. The van der Waals surface area contributed by atoms with Gasteiger partial charge in [-0.1, -0.05) is 18.2 Å². The second-order valence-electron chi connectivity index (χ2n) is 6.27. The van der Waals surface area contributed by atoms with Gasteiger partial charge in [0.05, 0.1) is 5.41 Å². The molecule has 2 aromatic carbocycles. The van der Waals surface area contributed by atoms with Gasteiger partial charge in [-0.15, -0.1) is 0 Å². The Morgan fingerprint density at radius 1 is 1.08 bits per heavy atom. The first kappa shape index (κ1) is 17.5. The van der Waals surface area contributed by atoms with Crippen molar-refractivity contribution >= 4 is 17.6 Å². The fourth-order valence-electron chi connectivity index (χ4n) is 1.94. The Bertz CT molecular complexity index is 735. The molecule has 5 nitrogen and oxygen atoms in total. The van der Waals surface area contributed by atoms with Crippen LogP contribution in [0.3, 0.4) is 0 Å². The number of carboxylic acid groups (broad SMARTS) is 1. The van der Waals surface area contributed by atoms with E-state index in [0.717, 1.165) is 11.3 Å². The van der Waals surface area contributed by atoms with Gasteiger partial charge in [0.2, 0.25) is 0 Å². The molecule has 0 spiro atoms. The van der Waals surface area contributed by atoms with Crippen LogP contribution >= 0.6 is 0 Å². The Morgan fingerprint density at radius 3 is 2.29 bits per heavy atom. The van der Waals surface area contributed by atoms with Crippen molar-refractivity contribution in [3.63, 3.8) is 0 Å². The molecule has 0 fully saturated rings. The number of benzene rings is 2. The predicted molar refractivity (Wildman–Crippen MR) is 92.5 cm³/mol. The number of hydrogen-bond donors (Lipinski definition) is 2. The molecule has 0 heterocycles.